The van der Waals surface area contributed by atoms with Gasteiger partial charge in [0.2, 0.25) is 0 Å². The molecule has 154 valence electrons. The van der Waals surface area contributed by atoms with Crippen LogP contribution in [0.5, 0.6) is 11.5 Å². The Hall–Kier alpha value is -1.61. The molecule has 0 fully saturated rings. The maximum atomic E-state index is 6.26. The number of thioether (sulfide) groups is 1. The first-order valence-corrected chi connectivity index (χ1v) is 11.8. The number of hydrogen-bond acceptors (Lipinski definition) is 5. The van der Waals surface area contributed by atoms with Gasteiger partial charge in [-0.05, 0) is 52.4 Å². The molecule has 3 aromatic carbocycles. The first kappa shape index (κ1) is 21.6. The van der Waals surface area contributed by atoms with E-state index in [0.717, 1.165) is 25.3 Å². The van der Waals surface area contributed by atoms with Gasteiger partial charge in [0.05, 0.1) is 10.7 Å². The fourth-order valence-electron chi connectivity index (χ4n) is 2.96. The Kier molecular flexibility index (Phi) is 6.98. The largest absolute Gasteiger partial charge is 0.493 e. The first-order valence-electron chi connectivity index (χ1n) is 9.04. The highest BCUT2D eigenvalue weighted by Gasteiger charge is 2.24. The Bertz CT molecular complexity index is 1100. The highest BCUT2D eigenvalue weighted by atomic mass is 127. The van der Waals surface area contributed by atoms with E-state index in [0.29, 0.717) is 28.2 Å². The van der Waals surface area contributed by atoms with Crippen LogP contribution in [0.25, 0.3) is 0 Å². The molecular formula is C22H17Cl2IN2O2S. The summed E-state index contributed by atoms with van der Waals surface area (Å²) in [6.07, 6.45) is 0. The van der Waals surface area contributed by atoms with E-state index in [2.05, 4.69) is 51.3 Å². The Balaban J connectivity index is 1.51. The van der Waals surface area contributed by atoms with Crippen LogP contribution in [0.15, 0.2) is 65.8 Å². The van der Waals surface area contributed by atoms with Crippen LogP contribution in [0.2, 0.25) is 10.0 Å². The number of nitrogens with one attached hydrogen (secondary N) is 1. The molecule has 0 saturated carbocycles. The third kappa shape index (κ3) is 4.82. The highest BCUT2D eigenvalue weighted by Crippen LogP contribution is 2.41. The molecule has 0 amide bonds. The van der Waals surface area contributed by atoms with Gasteiger partial charge in [0.1, 0.15) is 17.0 Å². The molecule has 0 saturated heterocycles. The summed E-state index contributed by atoms with van der Waals surface area (Å²) in [5.74, 6) is 1.35. The molecule has 1 aliphatic heterocycles. The van der Waals surface area contributed by atoms with Crippen molar-refractivity contribution in [3.05, 3.63) is 91.0 Å². The zero-order valence-corrected chi connectivity index (χ0v) is 20.3. The van der Waals surface area contributed by atoms with E-state index in [-0.39, 0.29) is 5.37 Å². The summed E-state index contributed by atoms with van der Waals surface area (Å²) in [5.41, 5.74) is 6.23. The van der Waals surface area contributed by atoms with Crippen molar-refractivity contribution in [3.63, 3.8) is 0 Å². The average molecular weight is 571 g/mol. The lowest BCUT2D eigenvalue weighted by Gasteiger charge is -2.17. The van der Waals surface area contributed by atoms with Gasteiger partial charge in [-0.15, -0.1) is 0 Å². The minimum atomic E-state index is 0.00221. The molecule has 1 N–H and O–H groups in total. The van der Waals surface area contributed by atoms with E-state index in [1.165, 1.54) is 0 Å². The molecule has 4 nitrogen and oxygen atoms in total. The predicted octanol–water partition coefficient (Wildman–Crippen LogP) is 6.88. The quantitative estimate of drug-likeness (QED) is 0.328. The van der Waals surface area contributed by atoms with Crippen LogP contribution in [0.1, 0.15) is 22.1 Å². The van der Waals surface area contributed by atoms with Gasteiger partial charge < -0.3 is 9.47 Å². The molecule has 4 rings (SSSR count). The number of methoxy groups -OCH3 is 1. The van der Waals surface area contributed by atoms with Crippen LogP contribution >= 0.6 is 57.6 Å². The molecule has 30 heavy (non-hydrogen) atoms. The summed E-state index contributed by atoms with van der Waals surface area (Å²) >= 11 is 16.2. The molecule has 0 radical (unpaired) electrons. The van der Waals surface area contributed by atoms with E-state index < -0.39 is 0 Å². The summed E-state index contributed by atoms with van der Waals surface area (Å²) in [6.45, 7) is 0.319. The highest BCUT2D eigenvalue weighted by molar-refractivity contribution is 14.1. The monoisotopic (exact) mass is 570 g/mol. The first-order chi connectivity index (χ1) is 14.5. The van der Waals surface area contributed by atoms with E-state index in [9.17, 15) is 0 Å². The third-order valence-corrected chi connectivity index (χ3v) is 7.03. The van der Waals surface area contributed by atoms with Crippen molar-refractivity contribution < 1.29 is 9.47 Å². The van der Waals surface area contributed by atoms with E-state index in [4.69, 9.17) is 32.7 Å². The zero-order valence-electron chi connectivity index (χ0n) is 15.9. The summed E-state index contributed by atoms with van der Waals surface area (Å²) in [7, 11) is 1.64. The Morgan fingerprint density at radius 2 is 1.90 bits per heavy atom. The minimum absolute atomic E-state index is 0.00221. The third-order valence-electron chi connectivity index (χ3n) is 4.48. The van der Waals surface area contributed by atoms with Gasteiger partial charge in [0.25, 0.3) is 0 Å². The molecule has 0 bridgehead atoms. The van der Waals surface area contributed by atoms with Gasteiger partial charge in [0.15, 0.2) is 11.5 Å². The zero-order chi connectivity index (χ0) is 21.1. The second-order valence-corrected chi connectivity index (χ2v) is 9.57. The standard InChI is InChI=1S/C22H17Cl2IN2O2S/c1-28-19-10-15(22-27-26-21(30-22)13-5-3-2-4-6-13)9-18(25)20(19)29-12-14-7-8-16(23)11-17(14)24/h2-11,22,27H,12H2,1H3/t22-/m1/s1. The van der Waals surface area contributed by atoms with Gasteiger partial charge in [-0.1, -0.05) is 71.4 Å². The SMILES string of the molecule is COc1cc([C@@H]2NN=C(c3ccccc3)S2)cc(I)c1OCc1ccc(Cl)cc1Cl. The topological polar surface area (TPSA) is 42.8 Å². The molecule has 3 aromatic rings. The number of hydrazone groups is 1. The number of rotatable bonds is 6. The molecular weight excluding hydrogens is 554 g/mol. The van der Waals surface area contributed by atoms with Crippen molar-refractivity contribution in [2.24, 2.45) is 5.10 Å². The molecule has 0 aliphatic carbocycles. The number of ether oxygens (including phenoxy) is 2. The van der Waals surface area contributed by atoms with Gasteiger partial charge in [0, 0.05) is 21.2 Å². The van der Waals surface area contributed by atoms with Crippen molar-refractivity contribution in [1.82, 2.24) is 5.43 Å². The van der Waals surface area contributed by atoms with Gasteiger partial charge in [-0.2, -0.15) is 5.10 Å². The summed E-state index contributed by atoms with van der Waals surface area (Å²) in [6, 6.07) is 19.6. The molecule has 1 heterocycles. The van der Waals surface area contributed by atoms with Crippen molar-refractivity contribution >= 4 is 62.6 Å². The van der Waals surface area contributed by atoms with E-state index >= 15 is 0 Å². The van der Waals surface area contributed by atoms with Crippen LogP contribution in [0.4, 0.5) is 0 Å². The van der Waals surface area contributed by atoms with Crippen molar-refractivity contribution in [3.8, 4) is 11.5 Å². The summed E-state index contributed by atoms with van der Waals surface area (Å²) < 4.78 is 12.6. The molecule has 8 heteroatoms. The Morgan fingerprint density at radius 1 is 1.10 bits per heavy atom. The number of hydrogen-bond donors (Lipinski definition) is 1. The van der Waals surface area contributed by atoms with Gasteiger partial charge >= 0.3 is 0 Å². The fraction of sp³-hybridized carbons (Fsp3) is 0.136. The Labute approximate surface area is 203 Å². The van der Waals surface area contributed by atoms with Gasteiger partial charge in [-0.25, -0.2) is 0 Å². The van der Waals surface area contributed by atoms with Crippen molar-refractivity contribution in [2.75, 3.05) is 7.11 Å². The smallest absolute Gasteiger partial charge is 0.174 e. The van der Waals surface area contributed by atoms with Crippen molar-refractivity contribution in [2.45, 2.75) is 12.0 Å². The second-order valence-electron chi connectivity index (χ2n) is 6.47. The number of benzene rings is 3. The predicted molar refractivity (Wildman–Crippen MR) is 133 cm³/mol. The lowest BCUT2D eigenvalue weighted by molar-refractivity contribution is 0.282. The van der Waals surface area contributed by atoms with Gasteiger partial charge in [-0.3, -0.25) is 5.43 Å². The molecule has 1 aliphatic rings. The van der Waals surface area contributed by atoms with Crippen LogP contribution in [0, 0.1) is 3.57 Å². The molecule has 0 spiro atoms. The number of halogens is 3. The lowest BCUT2D eigenvalue weighted by atomic mass is 10.2. The van der Waals surface area contributed by atoms with Crippen LogP contribution < -0.4 is 14.9 Å². The van der Waals surface area contributed by atoms with E-state index in [1.807, 2.05) is 30.3 Å². The molecule has 0 aromatic heterocycles. The molecule has 1 atom stereocenters. The van der Waals surface area contributed by atoms with Crippen molar-refractivity contribution in [1.29, 1.82) is 0 Å². The second kappa shape index (κ2) is 9.68. The summed E-state index contributed by atoms with van der Waals surface area (Å²) in [4.78, 5) is 0. The maximum absolute atomic E-state index is 6.26. The fourth-order valence-corrected chi connectivity index (χ4v) is 5.18. The Morgan fingerprint density at radius 3 is 2.63 bits per heavy atom. The molecule has 0 unspecified atom stereocenters. The summed E-state index contributed by atoms with van der Waals surface area (Å²) in [5, 5.41) is 6.63. The van der Waals surface area contributed by atoms with Crippen LogP contribution in [-0.4, -0.2) is 12.2 Å². The average Bonchev–Trinajstić information content (AvgIpc) is 3.24. The van der Waals surface area contributed by atoms with Crippen LogP contribution in [0.3, 0.4) is 0 Å². The van der Waals surface area contributed by atoms with Crippen LogP contribution in [-0.2, 0) is 6.61 Å². The van der Waals surface area contributed by atoms with E-state index in [1.54, 1.807) is 31.0 Å². The number of nitrogens with zero attached hydrogens (tertiary/aromatic N) is 1. The lowest BCUT2D eigenvalue weighted by Crippen LogP contribution is -2.08. The maximum Gasteiger partial charge on any atom is 0.174 e. The normalized spacial score (nSPS) is 15.5. The minimum Gasteiger partial charge on any atom is -0.493 e.